The van der Waals surface area contributed by atoms with Gasteiger partial charge in [-0.05, 0) is 42.0 Å². The summed E-state index contributed by atoms with van der Waals surface area (Å²) in [5.74, 6) is -0.755. The molecule has 1 aromatic heterocycles. The molecule has 1 heterocycles. The minimum absolute atomic E-state index is 0.0860. The summed E-state index contributed by atoms with van der Waals surface area (Å²) in [6, 6.07) is 16.8. The number of nitrogens with one attached hydrogen (secondary N) is 1. The van der Waals surface area contributed by atoms with E-state index in [1.807, 2.05) is 24.3 Å². The molecule has 0 saturated carbocycles. The van der Waals surface area contributed by atoms with Gasteiger partial charge in [0.15, 0.2) is 0 Å². The van der Waals surface area contributed by atoms with Gasteiger partial charge in [0.2, 0.25) is 0 Å². The largest absolute Gasteiger partial charge is 0.497 e. The molecule has 1 atom stereocenters. The zero-order valence-corrected chi connectivity index (χ0v) is 22.4. The number of nitrogens with zero attached hydrogens (tertiary/aromatic N) is 2. The molecular formula is C27H31N3O5Si. The Bertz CT molecular complexity index is 1220. The van der Waals surface area contributed by atoms with E-state index in [4.69, 9.17) is 4.74 Å². The maximum atomic E-state index is 13.5. The van der Waals surface area contributed by atoms with Crippen LogP contribution in [0.4, 0.5) is 5.69 Å². The molecule has 0 saturated heterocycles. The molecule has 0 spiro atoms. The number of carbonyl (C=O) groups excluding carboxylic acids is 3. The van der Waals surface area contributed by atoms with Crippen molar-refractivity contribution in [2.24, 2.45) is 0 Å². The van der Waals surface area contributed by atoms with Gasteiger partial charge in [-0.2, -0.15) is 0 Å². The molecule has 9 heteroatoms. The Kier molecular flexibility index (Phi) is 8.26. The molecule has 0 radical (unpaired) electrons. The molecular weight excluding hydrogens is 474 g/mol. The van der Waals surface area contributed by atoms with Crippen LogP contribution in [-0.4, -0.2) is 57.0 Å². The van der Waals surface area contributed by atoms with E-state index in [0.717, 1.165) is 0 Å². The number of amides is 2. The van der Waals surface area contributed by atoms with Crippen molar-refractivity contribution in [2.45, 2.75) is 25.7 Å². The van der Waals surface area contributed by atoms with Crippen LogP contribution in [0.1, 0.15) is 32.5 Å². The number of likely N-dealkylation sites (N-methyl/N-ethyl adjacent to an activating group) is 1. The molecule has 188 valence electrons. The van der Waals surface area contributed by atoms with Crippen molar-refractivity contribution in [3.05, 3.63) is 83.7 Å². The van der Waals surface area contributed by atoms with Crippen molar-refractivity contribution in [1.82, 2.24) is 9.88 Å². The Morgan fingerprint density at radius 2 is 1.56 bits per heavy atom. The lowest BCUT2D eigenvalue weighted by atomic mass is 10.0. The molecule has 0 aliphatic carbocycles. The van der Waals surface area contributed by atoms with Crippen LogP contribution in [0.5, 0.6) is 5.75 Å². The molecule has 1 N–H and O–H groups in total. The number of hydrogen-bond acceptors (Lipinski definition) is 6. The highest BCUT2D eigenvalue weighted by Crippen LogP contribution is 2.26. The van der Waals surface area contributed by atoms with Gasteiger partial charge < -0.3 is 19.7 Å². The van der Waals surface area contributed by atoms with Crippen molar-refractivity contribution < 1.29 is 23.9 Å². The molecule has 36 heavy (non-hydrogen) atoms. The Hall–Kier alpha value is -3.98. The van der Waals surface area contributed by atoms with E-state index in [0.29, 0.717) is 17.0 Å². The number of pyridine rings is 1. The quantitative estimate of drug-likeness (QED) is 0.369. The Labute approximate surface area is 212 Å². The van der Waals surface area contributed by atoms with Crippen molar-refractivity contribution >= 4 is 36.7 Å². The molecule has 1 unspecified atom stereocenters. The smallest absolute Gasteiger partial charge is 0.356 e. The predicted octanol–water partition coefficient (Wildman–Crippen LogP) is 3.87. The highest BCUT2D eigenvalue weighted by Gasteiger charge is 2.30. The Morgan fingerprint density at radius 1 is 0.917 bits per heavy atom. The fourth-order valence-electron chi connectivity index (χ4n) is 3.67. The number of esters is 1. The minimum atomic E-state index is -1.48. The molecule has 0 bridgehead atoms. The second kappa shape index (κ2) is 11.2. The zero-order chi connectivity index (χ0) is 26.5. The number of anilines is 1. The van der Waals surface area contributed by atoms with Crippen molar-refractivity contribution in [3.8, 4) is 5.75 Å². The summed E-state index contributed by atoms with van der Waals surface area (Å²) in [5, 5.41) is 4.22. The number of hydrogen-bond donors (Lipinski definition) is 1. The number of aromatic nitrogens is 1. The lowest BCUT2D eigenvalue weighted by molar-refractivity contribution is -0.120. The summed E-state index contributed by atoms with van der Waals surface area (Å²) in [6.45, 7) is 6.77. The fourth-order valence-corrected chi connectivity index (χ4v) is 4.83. The first-order valence-corrected chi connectivity index (χ1v) is 14.9. The fraction of sp³-hybridized carbons (Fsp3) is 0.259. The molecule has 2 amide bonds. The van der Waals surface area contributed by atoms with Gasteiger partial charge in [-0.15, -0.1) is 0 Å². The molecule has 2 aromatic carbocycles. The highest BCUT2D eigenvalue weighted by atomic mass is 28.3. The number of methoxy groups -OCH3 is 2. The van der Waals surface area contributed by atoms with Gasteiger partial charge in [-0.3, -0.25) is 9.59 Å². The summed E-state index contributed by atoms with van der Waals surface area (Å²) in [7, 11) is 2.90. The van der Waals surface area contributed by atoms with Gasteiger partial charge in [-0.25, -0.2) is 9.78 Å². The monoisotopic (exact) mass is 505 g/mol. The highest BCUT2D eigenvalue weighted by molar-refractivity contribution is 6.88. The van der Waals surface area contributed by atoms with E-state index in [-0.39, 0.29) is 17.2 Å². The first-order valence-electron chi connectivity index (χ1n) is 11.4. The maximum absolute atomic E-state index is 13.5. The average Bonchev–Trinajstić information content (AvgIpc) is 2.88. The van der Waals surface area contributed by atoms with E-state index in [9.17, 15) is 14.4 Å². The number of carbonyl (C=O) groups is 3. The van der Waals surface area contributed by atoms with Crippen molar-refractivity contribution in [2.75, 3.05) is 26.6 Å². The van der Waals surface area contributed by atoms with E-state index >= 15 is 0 Å². The zero-order valence-electron chi connectivity index (χ0n) is 21.4. The Morgan fingerprint density at radius 3 is 2.06 bits per heavy atom. The standard InChI is InChI=1S/C27H31N3O5Si/c1-30(26(32)19-9-16-23(28-17-19)27(33)35-3)24(18-7-12-21(34-2)13-8-18)25(31)29-20-10-14-22(15-11-20)36(4,5)6/h7-17,24H,1-6H3,(H,29,31). The Balaban J connectivity index is 1.90. The first-order chi connectivity index (χ1) is 17.0. The SMILES string of the molecule is COC(=O)c1ccc(C(=O)N(C)C(C(=O)Nc2ccc([Si](C)(C)C)cc2)c2ccc(OC)cc2)cn1. The van der Waals surface area contributed by atoms with Gasteiger partial charge in [-0.1, -0.05) is 49.1 Å². The topological polar surface area (TPSA) is 97.8 Å². The van der Waals surface area contributed by atoms with Crippen LogP contribution < -0.4 is 15.2 Å². The summed E-state index contributed by atoms with van der Waals surface area (Å²) in [6.07, 6.45) is 1.29. The van der Waals surface area contributed by atoms with Crippen LogP contribution in [0.25, 0.3) is 0 Å². The van der Waals surface area contributed by atoms with E-state index < -0.39 is 26.0 Å². The van der Waals surface area contributed by atoms with Crippen LogP contribution in [0.15, 0.2) is 66.9 Å². The number of benzene rings is 2. The van der Waals surface area contributed by atoms with Crippen LogP contribution in [0.3, 0.4) is 0 Å². The number of rotatable bonds is 8. The van der Waals surface area contributed by atoms with E-state index in [1.54, 1.807) is 38.4 Å². The maximum Gasteiger partial charge on any atom is 0.356 e. The summed E-state index contributed by atoms with van der Waals surface area (Å²) in [5.41, 5.74) is 1.58. The summed E-state index contributed by atoms with van der Waals surface area (Å²) in [4.78, 5) is 43.9. The summed E-state index contributed by atoms with van der Waals surface area (Å²) < 4.78 is 9.89. The molecule has 0 aliphatic heterocycles. The van der Waals surface area contributed by atoms with Crippen LogP contribution in [0.2, 0.25) is 19.6 Å². The van der Waals surface area contributed by atoms with Gasteiger partial charge in [0, 0.05) is 18.9 Å². The summed E-state index contributed by atoms with van der Waals surface area (Å²) >= 11 is 0. The molecule has 0 fully saturated rings. The van der Waals surface area contributed by atoms with Crippen LogP contribution in [0, 0.1) is 0 Å². The van der Waals surface area contributed by atoms with Gasteiger partial charge in [0.05, 0.1) is 27.9 Å². The second-order valence-electron chi connectivity index (χ2n) is 9.33. The van der Waals surface area contributed by atoms with Gasteiger partial charge >= 0.3 is 5.97 Å². The lowest BCUT2D eigenvalue weighted by Crippen LogP contribution is -2.39. The van der Waals surface area contributed by atoms with Crippen molar-refractivity contribution in [1.29, 1.82) is 0 Å². The first kappa shape index (κ1) is 26.6. The lowest BCUT2D eigenvalue weighted by Gasteiger charge is -2.28. The van der Waals surface area contributed by atoms with Crippen LogP contribution in [-0.2, 0) is 9.53 Å². The predicted molar refractivity (Wildman–Crippen MR) is 141 cm³/mol. The molecule has 8 nitrogen and oxygen atoms in total. The molecule has 3 rings (SSSR count). The third-order valence-corrected chi connectivity index (χ3v) is 7.88. The van der Waals surface area contributed by atoms with E-state index in [2.05, 4.69) is 34.7 Å². The van der Waals surface area contributed by atoms with Gasteiger partial charge in [0.25, 0.3) is 11.8 Å². The van der Waals surface area contributed by atoms with Crippen molar-refractivity contribution in [3.63, 3.8) is 0 Å². The number of ether oxygens (including phenoxy) is 2. The molecule has 0 aliphatic rings. The minimum Gasteiger partial charge on any atom is -0.497 e. The van der Waals surface area contributed by atoms with Crippen LogP contribution >= 0.6 is 0 Å². The van der Waals surface area contributed by atoms with E-state index in [1.165, 1.54) is 35.5 Å². The second-order valence-corrected chi connectivity index (χ2v) is 14.4. The third-order valence-electron chi connectivity index (χ3n) is 5.81. The average molecular weight is 506 g/mol. The normalized spacial score (nSPS) is 11.8. The molecule has 3 aromatic rings. The third kappa shape index (κ3) is 6.17. The van der Waals surface area contributed by atoms with Gasteiger partial charge in [0.1, 0.15) is 17.5 Å².